The van der Waals surface area contributed by atoms with E-state index >= 15 is 0 Å². The number of aliphatic hydroxyl groups excluding tert-OH is 1. The van der Waals surface area contributed by atoms with Gasteiger partial charge in [-0.3, -0.25) is 24.3 Å². The Morgan fingerprint density at radius 2 is 2.09 bits per heavy atom. The minimum atomic E-state index is -0.0148. The summed E-state index contributed by atoms with van der Waals surface area (Å²) in [7, 11) is 3.93. The van der Waals surface area contributed by atoms with E-state index in [1.54, 1.807) is 6.20 Å². The summed E-state index contributed by atoms with van der Waals surface area (Å²) in [6.45, 7) is 6.49. The van der Waals surface area contributed by atoms with Gasteiger partial charge in [0.15, 0.2) is 5.75 Å². The molecule has 2 N–H and O–H groups in total. The van der Waals surface area contributed by atoms with Crippen LogP contribution in [0.15, 0.2) is 12.3 Å². The van der Waals surface area contributed by atoms with Crippen LogP contribution in [0.25, 0.3) is 34.4 Å². The van der Waals surface area contributed by atoms with Crippen LogP contribution in [-0.2, 0) is 20.1 Å². The molecule has 1 aliphatic heterocycles. The lowest BCUT2D eigenvalue weighted by atomic mass is 10.1. The summed E-state index contributed by atoms with van der Waals surface area (Å²) in [5.41, 5.74) is 5.85. The Morgan fingerprint density at radius 1 is 1.23 bits per heavy atom. The van der Waals surface area contributed by atoms with Gasteiger partial charge in [0, 0.05) is 25.5 Å². The molecule has 0 amide bonds. The van der Waals surface area contributed by atoms with Crippen LogP contribution in [0.2, 0.25) is 0 Å². The highest BCUT2D eigenvalue weighted by Crippen LogP contribution is 2.34. The van der Waals surface area contributed by atoms with Gasteiger partial charge < -0.3 is 14.6 Å². The largest absolute Gasteiger partial charge is 0.488 e. The van der Waals surface area contributed by atoms with Crippen LogP contribution < -0.4 is 9.47 Å². The number of likely N-dealkylation sites (N-methyl/N-ethyl adjacent to an activating group) is 1. The molecule has 0 saturated carbocycles. The molecule has 0 fully saturated rings. The third kappa shape index (κ3) is 4.28. The molecular weight excluding hydrogens is 448 g/mol. The maximum Gasteiger partial charge on any atom is 0.240 e. The zero-order valence-electron chi connectivity index (χ0n) is 20.4. The molecule has 5 rings (SSSR count). The predicted molar refractivity (Wildman–Crippen MR) is 132 cm³/mol. The molecule has 184 valence electrons. The van der Waals surface area contributed by atoms with Gasteiger partial charge in [-0.05, 0) is 39.1 Å². The summed E-state index contributed by atoms with van der Waals surface area (Å²) >= 11 is 0. The number of aryl methyl sites for hydroxylation is 2. The Balaban J connectivity index is 1.68. The van der Waals surface area contributed by atoms with Crippen LogP contribution >= 0.6 is 0 Å². The van der Waals surface area contributed by atoms with Gasteiger partial charge in [-0.25, -0.2) is 0 Å². The number of nitrogens with one attached hydrogen (secondary N) is 1. The van der Waals surface area contributed by atoms with E-state index in [0.717, 1.165) is 50.7 Å². The van der Waals surface area contributed by atoms with Crippen LogP contribution in [0.1, 0.15) is 29.6 Å². The second kappa shape index (κ2) is 9.51. The average molecular weight is 479 g/mol. The molecule has 35 heavy (non-hydrogen) atoms. The molecule has 0 radical (unpaired) electrons. The Hall–Kier alpha value is -3.70. The summed E-state index contributed by atoms with van der Waals surface area (Å²) in [6, 6.07) is 2.01. The molecule has 4 aromatic rings. The van der Waals surface area contributed by atoms with Gasteiger partial charge in [0.25, 0.3) is 0 Å². The molecular formula is C24H30N8O3. The zero-order chi connectivity index (χ0) is 24.5. The van der Waals surface area contributed by atoms with Crippen molar-refractivity contribution >= 4 is 23.1 Å². The number of H-pyrrole nitrogens is 1. The molecule has 0 spiro atoms. The normalized spacial score (nSPS) is 15.3. The highest BCUT2D eigenvalue weighted by Gasteiger charge is 2.22. The van der Waals surface area contributed by atoms with E-state index in [2.05, 4.69) is 30.3 Å². The van der Waals surface area contributed by atoms with E-state index in [0.29, 0.717) is 38.7 Å². The van der Waals surface area contributed by atoms with Crippen LogP contribution in [0, 0.1) is 6.92 Å². The first-order chi connectivity index (χ1) is 17.0. The summed E-state index contributed by atoms with van der Waals surface area (Å²) in [4.78, 5) is 6.82. The SMILES string of the molecule is CCOc1nn(CCO)c2c1/C=C/c1n[nH]c3cnc(cc13)-c1c(c(C)nn1C)OCCN(C)C2. The van der Waals surface area contributed by atoms with Crippen molar-refractivity contribution in [3.05, 3.63) is 34.9 Å². The van der Waals surface area contributed by atoms with Crippen molar-refractivity contribution in [2.75, 3.05) is 33.4 Å². The van der Waals surface area contributed by atoms with Gasteiger partial charge in [0.2, 0.25) is 5.88 Å². The number of fused-ring (bicyclic) bond motifs is 4. The molecule has 0 atom stereocenters. The Bertz CT molecular complexity index is 1380. The second-order valence-corrected chi connectivity index (χ2v) is 8.58. The number of ether oxygens (including phenoxy) is 2. The van der Waals surface area contributed by atoms with E-state index in [1.807, 2.05) is 55.5 Å². The first-order valence-electron chi connectivity index (χ1n) is 11.7. The molecule has 4 aromatic heterocycles. The fourth-order valence-electron chi connectivity index (χ4n) is 4.43. The minimum absolute atomic E-state index is 0.0148. The Labute approximate surface area is 203 Å². The number of nitrogens with zero attached hydrogens (tertiary/aromatic N) is 7. The Kier molecular flexibility index (Phi) is 6.27. The van der Waals surface area contributed by atoms with Crippen LogP contribution in [0.5, 0.6) is 11.6 Å². The number of aromatic amines is 1. The van der Waals surface area contributed by atoms with Crippen molar-refractivity contribution in [2.24, 2.45) is 7.05 Å². The van der Waals surface area contributed by atoms with E-state index in [-0.39, 0.29) is 6.61 Å². The number of pyridine rings is 1. The monoisotopic (exact) mass is 478 g/mol. The molecule has 1 aliphatic rings. The summed E-state index contributed by atoms with van der Waals surface area (Å²) < 4.78 is 15.7. The first kappa shape index (κ1) is 23.1. The zero-order valence-corrected chi connectivity index (χ0v) is 20.4. The van der Waals surface area contributed by atoms with Crippen molar-refractivity contribution in [1.82, 2.24) is 39.6 Å². The number of hydrogen-bond acceptors (Lipinski definition) is 8. The van der Waals surface area contributed by atoms with E-state index in [9.17, 15) is 5.11 Å². The maximum absolute atomic E-state index is 9.63. The van der Waals surface area contributed by atoms with Gasteiger partial charge in [0.05, 0.1) is 54.1 Å². The topological polar surface area (TPSA) is 119 Å². The number of aliphatic hydroxyl groups is 1. The standard InChI is InChI=1S/C24H30N8O3/c1-5-34-24-16-6-7-18-17-12-19(25-13-20(17)27-26-18)22-23(15(2)28-31(22)4)35-11-9-30(3)14-21(16)32(29-24)8-10-33/h6-7,12-13,33H,5,8-11,14H2,1-4H3,(H,26,27)/b7-6+. The van der Waals surface area contributed by atoms with E-state index in [4.69, 9.17) is 9.47 Å². The lowest BCUT2D eigenvalue weighted by molar-refractivity contribution is 0.224. The van der Waals surface area contributed by atoms with E-state index in [1.165, 1.54) is 0 Å². The minimum Gasteiger partial charge on any atom is -0.488 e. The third-order valence-corrected chi connectivity index (χ3v) is 6.09. The first-order valence-corrected chi connectivity index (χ1v) is 11.7. The second-order valence-electron chi connectivity index (χ2n) is 8.58. The van der Waals surface area contributed by atoms with Gasteiger partial charge >= 0.3 is 0 Å². The summed E-state index contributed by atoms with van der Waals surface area (Å²) in [5, 5.41) is 27.3. The van der Waals surface area contributed by atoms with Gasteiger partial charge in [0.1, 0.15) is 18.0 Å². The number of hydrogen-bond donors (Lipinski definition) is 2. The average Bonchev–Trinajstić information content (AvgIpc) is 3.46. The van der Waals surface area contributed by atoms with E-state index < -0.39 is 0 Å². The smallest absolute Gasteiger partial charge is 0.240 e. The molecule has 11 nitrogen and oxygen atoms in total. The molecule has 2 bridgehead atoms. The molecule has 0 aromatic carbocycles. The lowest BCUT2D eigenvalue weighted by Crippen LogP contribution is -2.26. The summed E-state index contributed by atoms with van der Waals surface area (Å²) in [5.74, 6) is 1.27. The van der Waals surface area contributed by atoms with Crippen LogP contribution in [0.4, 0.5) is 0 Å². The van der Waals surface area contributed by atoms with Crippen LogP contribution in [-0.4, -0.2) is 78.2 Å². The molecule has 5 heterocycles. The lowest BCUT2D eigenvalue weighted by Gasteiger charge is -2.18. The van der Waals surface area contributed by atoms with Crippen molar-refractivity contribution in [3.8, 4) is 23.0 Å². The molecule has 11 heteroatoms. The third-order valence-electron chi connectivity index (χ3n) is 6.09. The van der Waals surface area contributed by atoms with Crippen molar-refractivity contribution in [1.29, 1.82) is 0 Å². The predicted octanol–water partition coefficient (Wildman–Crippen LogP) is 2.25. The van der Waals surface area contributed by atoms with Crippen LogP contribution in [0.3, 0.4) is 0 Å². The van der Waals surface area contributed by atoms with Crippen molar-refractivity contribution < 1.29 is 14.6 Å². The quantitative estimate of drug-likeness (QED) is 0.458. The van der Waals surface area contributed by atoms with Crippen molar-refractivity contribution in [3.63, 3.8) is 0 Å². The highest BCUT2D eigenvalue weighted by molar-refractivity contribution is 5.91. The number of aromatic nitrogens is 7. The molecule has 0 saturated heterocycles. The van der Waals surface area contributed by atoms with Crippen molar-refractivity contribution in [2.45, 2.75) is 26.9 Å². The summed E-state index contributed by atoms with van der Waals surface area (Å²) in [6.07, 6.45) is 5.73. The highest BCUT2D eigenvalue weighted by atomic mass is 16.5. The van der Waals surface area contributed by atoms with Gasteiger partial charge in [-0.1, -0.05) is 0 Å². The van der Waals surface area contributed by atoms with Gasteiger partial charge in [-0.2, -0.15) is 10.2 Å². The maximum atomic E-state index is 9.63. The molecule has 0 unspecified atom stereocenters. The number of rotatable bonds is 4. The Morgan fingerprint density at radius 3 is 2.89 bits per heavy atom. The van der Waals surface area contributed by atoms with Gasteiger partial charge in [-0.15, -0.1) is 5.10 Å². The fraction of sp³-hybridized carbons (Fsp3) is 0.417. The fourth-order valence-corrected chi connectivity index (χ4v) is 4.43. The molecule has 0 aliphatic carbocycles.